The highest BCUT2D eigenvalue weighted by Gasteiger charge is 2.33. The Bertz CT molecular complexity index is 1380. The molecule has 0 bridgehead atoms. The third-order valence-electron chi connectivity index (χ3n) is 6.00. The average Bonchev–Trinajstić information content (AvgIpc) is 2.89. The molecule has 0 saturated heterocycles. The molecule has 1 atom stereocenters. The lowest BCUT2D eigenvalue weighted by Crippen LogP contribution is -2.51. The van der Waals surface area contributed by atoms with E-state index in [-0.39, 0.29) is 17.3 Å². The summed E-state index contributed by atoms with van der Waals surface area (Å²) in [5, 5.41) is 3.75. The van der Waals surface area contributed by atoms with E-state index in [2.05, 4.69) is 5.32 Å². The number of amides is 2. The van der Waals surface area contributed by atoms with E-state index in [1.165, 1.54) is 17.0 Å². The second-order valence-corrected chi connectivity index (χ2v) is 11.6. The first-order valence-corrected chi connectivity index (χ1v) is 14.4. The first-order chi connectivity index (χ1) is 18.0. The van der Waals surface area contributed by atoms with Crippen LogP contribution in [0.2, 0.25) is 10.0 Å². The number of anilines is 1. The van der Waals surface area contributed by atoms with Crippen LogP contribution in [0.4, 0.5) is 5.69 Å². The number of carbonyl (C=O) groups excluding carboxylic acids is 2. The minimum absolute atomic E-state index is 0.0391. The van der Waals surface area contributed by atoms with Crippen molar-refractivity contribution in [1.29, 1.82) is 0 Å². The number of nitrogens with zero attached hydrogens (tertiary/aromatic N) is 2. The van der Waals surface area contributed by atoms with E-state index in [4.69, 9.17) is 23.2 Å². The molecule has 202 valence electrons. The van der Waals surface area contributed by atoms with E-state index in [1.54, 1.807) is 74.5 Å². The summed E-state index contributed by atoms with van der Waals surface area (Å²) >= 11 is 12.3. The first-order valence-electron chi connectivity index (χ1n) is 12.2. The van der Waals surface area contributed by atoms with Crippen molar-refractivity contribution in [3.05, 3.63) is 94.0 Å². The van der Waals surface area contributed by atoms with Gasteiger partial charge in [0.05, 0.1) is 10.6 Å². The van der Waals surface area contributed by atoms with Crippen molar-refractivity contribution < 1.29 is 18.0 Å². The molecule has 0 aliphatic carbocycles. The Morgan fingerprint density at radius 3 is 2.26 bits per heavy atom. The fraction of sp³-hybridized carbons (Fsp3) is 0.286. The Labute approximate surface area is 234 Å². The molecule has 1 unspecified atom stereocenters. The van der Waals surface area contributed by atoms with Crippen LogP contribution >= 0.6 is 23.2 Å². The second kappa shape index (κ2) is 13.1. The largest absolute Gasteiger partial charge is 0.354 e. The van der Waals surface area contributed by atoms with Gasteiger partial charge in [0.1, 0.15) is 12.6 Å². The predicted octanol–water partition coefficient (Wildman–Crippen LogP) is 5.44. The summed E-state index contributed by atoms with van der Waals surface area (Å²) in [6.07, 6.45) is 0.736. The highest BCUT2D eigenvalue weighted by Crippen LogP contribution is 2.29. The van der Waals surface area contributed by atoms with Crippen LogP contribution in [0.1, 0.15) is 31.4 Å². The number of sulfonamides is 1. The number of hydrogen-bond donors (Lipinski definition) is 1. The van der Waals surface area contributed by atoms with Crippen molar-refractivity contribution in [3.8, 4) is 0 Å². The highest BCUT2D eigenvalue weighted by atomic mass is 35.5. The lowest BCUT2D eigenvalue weighted by Gasteiger charge is -2.32. The number of aryl methyl sites for hydroxylation is 1. The zero-order valence-electron chi connectivity index (χ0n) is 21.5. The first kappa shape index (κ1) is 29.5. The van der Waals surface area contributed by atoms with Crippen molar-refractivity contribution in [3.63, 3.8) is 0 Å². The van der Waals surface area contributed by atoms with Gasteiger partial charge in [-0.15, -0.1) is 0 Å². The number of hydrogen-bond acceptors (Lipinski definition) is 4. The molecule has 3 rings (SSSR count). The molecule has 0 saturated carbocycles. The van der Waals surface area contributed by atoms with Gasteiger partial charge in [0.15, 0.2) is 0 Å². The molecule has 0 radical (unpaired) electrons. The number of rotatable bonds is 11. The molecule has 10 heteroatoms. The monoisotopic (exact) mass is 575 g/mol. The SMILES string of the molecule is CCCNC(=O)C(C)N(Cc1cccc(Cl)c1)C(=O)CN(c1ccc(Cl)cc1C)S(=O)(=O)c1ccccc1. The Kier molecular flexibility index (Phi) is 10.2. The van der Waals surface area contributed by atoms with Crippen molar-refractivity contribution in [2.24, 2.45) is 0 Å². The minimum atomic E-state index is -4.14. The lowest BCUT2D eigenvalue weighted by molar-refractivity contribution is -0.139. The molecule has 38 heavy (non-hydrogen) atoms. The van der Waals surface area contributed by atoms with E-state index in [9.17, 15) is 18.0 Å². The van der Waals surface area contributed by atoms with Crippen LogP contribution < -0.4 is 9.62 Å². The van der Waals surface area contributed by atoms with Crippen molar-refractivity contribution in [2.45, 2.75) is 44.7 Å². The van der Waals surface area contributed by atoms with Gasteiger partial charge in [-0.25, -0.2) is 8.42 Å². The topological polar surface area (TPSA) is 86.8 Å². The Morgan fingerprint density at radius 1 is 0.947 bits per heavy atom. The summed E-state index contributed by atoms with van der Waals surface area (Å²) in [5.74, 6) is -0.875. The van der Waals surface area contributed by atoms with Crippen molar-refractivity contribution >= 4 is 50.7 Å². The molecule has 3 aromatic carbocycles. The second-order valence-electron chi connectivity index (χ2n) is 8.87. The van der Waals surface area contributed by atoms with Gasteiger partial charge in [-0.05, 0) is 73.9 Å². The molecule has 3 aromatic rings. The van der Waals surface area contributed by atoms with E-state index >= 15 is 0 Å². The normalized spacial score (nSPS) is 12.0. The quantitative estimate of drug-likeness (QED) is 0.330. The Balaban J connectivity index is 2.04. The molecule has 0 heterocycles. The fourth-order valence-corrected chi connectivity index (χ4v) is 5.88. The summed E-state index contributed by atoms with van der Waals surface area (Å²) in [5.41, 5.74) is 1.61. The Hall–Kier alpha value is -3.07. The molecule has 2 amide bonds. The summed E-state index contributed by atoms with van der Waals surface area (Å²) < 4.78 is 28.7. The van der Waals surface area contributed by atoms with E-state index in [0.717, 1.165) is 10.7 Å². The summed E-state index contributed by atoms with van der Waals surface area (Å²) in [6, 6.07) is 18.8. The summed E-state index contributed by atoms with van der Waals surface area (Å²) in [7, 11) is -4.14. The molecule has 0 aliphatic heterocycles. The van der Waals surface area contributed by atoms with Gasteiger partial charge >= 0.3 is 0 Å². The van der Waals surface area contributed by atoms with Crippen LogP contribution in [0, 0.1) is 6.92 Å². The number of benzene rings is 3. The van der Waals surface area contributed by atoms with Crippen molar-refractivity contribution in [2.75, 3.05) is 17.4 Å². The zero-order valence-corrected chi connectivity index (χ0v) is 23.9. The number of halogens is 2. The van der Waals surface area contributed by atoms with Crippen LogP contribution in [0.3, 0.4) is 0 Å². The molecule has 0 aromatic heterocycles. The molecule has 7 nitrogen and oxygen atoms in total. The van der Waals surface area contributed by atoms with Gasteiger partial charge in [0, 0.05) is 23.1 Å². The van der Waals surface area contributed by atoms with E-state index in [1.807, 2.05) is 6.92 Å². The molecule has 1 N–H and O–H groups in total. The van der Waals surface area contributed by atoms with Crippen LogP contribution in [0.15, 0.2) is 77.7 Å². The maximum Gasteiger partial charge on any atom is 0.264 e. The summed E-state index contributed by atoms with van der Waals surface area (Å²) in [4.78, 5) is 28.2. The van der Waals surface area contributed by atoms with Gasteiger partial charge in [0.25, 0.3) is 10.0 Å². The molecule has 0 aliphatic rings. The maximum atomic E-state index is 13.9. The number of nitrogens with one attached hydrogen (secondary N) is 1. The lowest BCUT2D eigenvalue weighted by atomic mass is 10.1. The zero-order chi connectivity index (χ0) is 27.9. The minimum Gasteiger partial charge on any atom is -0.354 e. The maximum absolute atomic E-state index is 13.9. The van der Waals surface area contributed by atoms with Gasteiger partial charge in [-0.3, -0.25) is 13.9 Å². The third kappa shape index (κ3) is 7.28. The average molecular weight is 577 g/mol. The smallest absolute Gasteiger partial charge is 0.264 e. The molecule has 0 spiro atoms. The Morgan fingerprint density at radius 2 is 1.63 bits per heavy atom. The van der Waals surface area contributed by atoms with Crippen LogP contribution in [0.25, 0.3) is 0 Å². The predicted molar refractivity (Wildman–Crippen MR) is 152 cm³/mol. The van der Waals surface area contributed by atoms with Gasteiger partial charge in [0.2, 0.25) is 11.8 Å². The van der Waals surface area contributed by atoms with Gasteiger partial charge < -0.3 is 10.2 Å². The van der Waals surface area contributed by atoms with Crippen molar-refractivity contribution in [1.82, 2.24) is 10.2 Å². The van der Waals surface area contributed by atoms with Crippen LogP contribution in [-0.4, -0.2) is 44.3 Å². The molecular formula is C28H31Cl2N3O4S. The van der Waals surface area contributed by atoms with Crippen LogP contribution in [-0.2, 0) is 26.2 Å². The number of carbonyl (C=O) groups is 2. The van der Waals surface area contributed by atoms with Gasteiger partial charge in [-0.2, -0.15) is 0 Å². The van der Waals surface area contributed by atoms with E-state index < -0.39 is 28.5 Å². The highest BCUT2D eigenvalue weighted by molar-refractivity contribution is 7.92. The molecular weight excluding hydrogens is 545 g/mol. The van der Waals surface area contributed by atoms with E-state index in [0.29, 0.717) is 33.4 Å². The fourth-order valence-electron chi connectivity index (χ4n) is 3.94. The standard InChI is InChI=1S/C28H31Cl2N3O4S/c1-4-15-31-28(35)21(3)32(18-22-9-8-10-23(29)17-22)27(34)19-33(26-14-13-24(30)16-20(26)2)38(36,37)25-11-6-5-7-12-25/h5-14,16-17,21H,4,15,18-19H2,1-3H3,(H,31,35). The van der Waals surface area contributed by atoms with Crippen LogP contribution in [0.5, 0.6) is 0 Å². The van der Waals surface area contributed by atoms with Gasteiger partial charge in [-0.1, -0.05) is 60.5 Å². The molecule has 0 fully saturated rings. The third-order valence-corrected chi connectivity index (χ3v) is 8.24. The summed E-state index contributed by atoms with van der Waals surface area (Å²) in [6.45, 7) is 5.28.